The van der Waals surface area contributed by atoms with Gasteiger partial charge in [0.05, 0.1) is 0 Å². The average Bonchev–Trinajstić information content (AvgIpc) is 2.34. The Kier molecular flexibility index (Phi) is 6.76. The number of ether oxygens (including phenoxy) is 1. The Labute approximate surface area is 111 Å². The smallest absolute Gasteiger partial charge is 0.119 e. The van der Waals surface area contributed by atoms with Gasteiger partial charge in [-0.25, -0.2) is 0 Å². The second kappa shape index (κ2) is 8.11. The molecule has 0 aliphatic heterocycles. The van der Waals surface area contributed by atoms with E-state index in [1.807, 2.05) is 19.1 Å². The Hall–Kier alpha value is -1.06. The standard InChI is InChI=1S/C15H26N2O/c1-4-17(5-2)9-10-18-15-8-6-7-14(12-15)11-13(3)16/h6-8,12-13H,4-5,9-11,16H2,1-3H3. The molecule has 0 saturated heterocycles. The van der Waals surface area contributed by atoms with Gasteiger partial charge in [-0.1, -0.05) is 26.0 Å². The quantitative estimate of drug-likeness (QED) is 0.769. The molecule has 102 valence electrons. The summed E-state index contributed by atoms with van der Waals surface area (Å²) < 4.78 is 5.78. The Balaban J connectivity index is 2.42. The number of rotatable bonds is 8. The third-order valence-corrected chi connectivity index (χ3v) is 3.03. The highest BCUT2D eigenvalue weighted by Gasteiger charge is 2.02. The molecule has 1 unspecified atom stereocenters. The normalized spacial score (nSPS) is 12.7. The Morgan fingerprint density at radius 3 is 2.61 bits per heavy atom. The number of nitrogens with two attached hydrogens (primary N) is 1. The van der Waals surface area contributed by atoms with E-state index in [-0.39, 0.29) is 6.04 Å². The lowest BCUT2D eigenvalue weighted by Crippen LogP contribution is -2.27. The van der Waals surface area contributed by atoms with Gasteiger partial charge in [0.25, 0.3) is 0 Å². The van der Waals surface area contributed by atoms with Gasteiger partial charge >= 0.3 is 0 Å². The summed E-state index contributed by atoms with van der Waals surface area (Å²) in [5.41, 5.74) is 7.04. The van der Waals surface area contributed by atoms with E-state index in [0.29, 0.717) is 0 Å². The summed E-state index contributed by atoms with van der Waals surface area (Å²) in [6.07, 6.45) is 0.896. The SMILES string of the molecule is CCN(CC)CCOc1cccc(CC(C)N)c1. The van der Waals surface area contributed by atoms with Crippen molar-refractivity contribution in [2.75, 3.05) is 26.2 Å². The van der Waals surface area contributed by atoms with Gasteiger partial charge in [0.15, 0.2) is 0 Å². The van der Waals surface area contributed by atoms with Crippen molar-refractivity contribution in [1.29, 1.82) is 0 Å². The van der Waals surface area contributed by atoms with Gasteiger partial charge in [0.1, 0.15) is 12.4 Å². The monoisotopic (exact) mass is 250 g/mol. The van der Waals surface area contributed by atoms with Gasteiger partial charge < -0.3 is 15.4 Å². The molecule has 0 radical (unpaired) electrons. The third kappa shape index (κ3) is 5.52. The molecule has 2 N–H and O–H groups in total. The van der Waals surface area contributed by atoms with Crippen LogP contribution in [0.1, 0.15) is 26.3 Å². The van der Waals surface area contributed by atoms with E-state index in [4.69, 9.17) is 10.5 Å². The fourth-order valence-electron chi connectivity index (χ4n) is 1.97. The lowest BCUT2D eigenvalue weighted by atomic mass is 10.1. The molecule has 3 nitrogen and oxygen atoms in total. The molecule has 0 aliphatic rings. The van der Waals surface area contributed by atoms with Crippen molar-refractivity contribution in [2.45, 2.75) is 33.2 Å². The summed E-state index contributed by atoms with van der Waals surface area (Å²) in [6.45, 7) is 10.2. The van der Waals surface area contributed by atoms with Gasteiger partial charge in [-0.2, -0.15) is 0 Å². The minimum atomic E-state index is 0.191. The molecule has 1 atom stereocenters. The molecule has 0 bridgehead atoms. The first-order chi connectivity index (χ1) is 8.65. The Morgan fingerprint density at radius 2 is 2.00 bits per heavy atom. The molecule has 0 spiro atoms. The molecule has 0 fully saturated rings. The van der Waals surface area contributed by atoms with Gasteiger partial charge in [-0.15, -0.1) is 0 Å². The second-order valence-electron chi connectivity index (χ2n) is 4.70. The minimum Gasteiger partial charge on any atom is -0.492 e. The largest absolute Gasteiger partial charge is 0.492 e. The summed E-state index contributed by atoms with van der Waals surface area (Å²) in [5.74, 6) is 0.945. The predicted molar refractivity (Wildman–Crippen MR) is 77.1 cm³/mol. The molecule has 0 aliphatic carbocycles. The second-order valence-corrected chi connectivity index (χ2v) is 4.70. The molecular weight excluding hydrogens is 224 g/mol. The fourth-order valence-corrected chi connectivity index (χ4v) is 1.97. The number of hydrogen-bond donors (Lipinski definition) is 1. The van der Waals surface area contributed by atoms with Crippen LogP contribution in [0.5, 0.6) is 5.75 Å². The molecule has 1 aromatic carbocycles. The highest BCUT2D eigenvalue weighted by molar-refractivity contribution is 5.29. The summed E-state index contributed by atoms with van der Waals surface area (Å²) >= 11 is 0. The Morgan fingerprint density at radius 1 is 1.28 bits per heavy atom. The molecule has 0 amide bonds. The summed E-state index contributed by atoms with van der Waals surface area (Å²) in [7, 11) is 0. The van der Waals surface area contributed by atoms with Crippen molar-refractivity contribution in [3.8, 4) is 5.75 Å². The van der Waals surface area contributed by atoms with Crippen LogP contribution in [-0.2, 0) is 6.42 Å². The average molecular weight is 250 g/mol. The maximum atomic E-state index is 5.80. The van der Waals surface area contributed by atoms with Crippen molar-refractivity contribution >= 4 is 0 Å². The van der Waals surface area contributed by atoms with Crippen molar-refractivity contribution in [1.82, 2.24) is 4.90 Å². The zero-order chi connectivity index (χ0) is 13.4. The molecule has 3 heteroatoms. The minimum absolute atomic E-state index is 0.191. The van der Waals surface area contributed by atoms with Crippen LogP contribution in [0.2, 0.25) is 0 Å². The van der Waals surface area contributed by atoms with Crippen LogP contribution in [0.25, 0.3) is 0 Å². The van der Waals surface area contributed by atoms with Crippen LogP contribution in [0, 0.1) is 0 Å². The molecule has 1 rings (SSSR count). The molecule has 18 heavy (non-hydrogen) atoms. The van der Waals surface area contributed by atoms with Crippen LogP contribution >= 0.6 is 0 Å². The maximum Gasteiger partial charge on any atom is 0.119 e. The van der Waals surface area contributed by atoms with Crippen LogP contribution in [0.4, 0.5) is 0 Å². The van der Waals surface area contributed by atoms with E-state index in [1.165, 1.54) is 5.56 Å². The van der Waals surface area contributed by atoms with Crippen molar-refractivity contribution in [3.63, 3.8) is 0 Å². The Bertz CT molecular complexity index is 335. The summed E-state index contributed by atoms with van der Waals surface area (Å²) in [4.78, 5) is 2.35. The fraction of sp³-hybridized carbons (Fsp3) is 0.600. The molecule has 1 aromatic rings. The van der Waals surface area contributed by atoms with Crippen LogP contribution in [0.3, 0.4) is 0 Å². The van der Waals surface area contributed by atoms with Crippen LogP contribution in [0.15, 0.2) is 24.3 Å². The number of nitrogens with zero attached hydrogens (tertiary/aromatic N) is 1. The first-order valence-electron chi connectivity index (χ1n) is 6.85. The zero-order valence-corrected chi connectivity index (χ0v) is 11.9. The molecule has 0 aromatic heterocycles. The van der Waals surface area contributed by atoms with E-state index >= 15 is 0 Å². The van der Waals surface area contributed by atoms with E-state index in [9.17, 15) is 0 Å². The van der Waals surface area contributed by atoms with Crippen molar-refractivity contribution in [2.24, 2.45) is 5.73 Å². The van der Waals surface area contributed by atoms with Gasteiger partial charge in [-0.05, 0) is 44.1 Å². The first kappa shape index (κ1) is 15.0. The van der Waals surface area contributed by atoms with E-state index in [0.717, 1.165) is 38.4 Å². The number of benzene rings is 1. The number of hydrogen-bond acceptors (Lipinski definition) is 3. The summed E-state index contributed by atoms with van der Waals surface area (Å²) in [6, 6.07) is 8.42. The topological polar surface area (TPSA) is 38.5 Å². The number of likely N-dealkylation sites (N-methyl/N-ethyl adjacent to an activating group) is 1. The molecule has 0 heterocycles. The zero-order valence-electron chi connectivity index (χ0n) is 11.9. The lowest BCUT2D eigenvalue weighted by molar-refractivity contribution is 0.222. The van der Waals surface area contributed by atoms with E-state index in [1.54, 1.807) is 0 Å². The molecular formula is C15H26N2O. The van der Waals surface area contributed by atoms with Crippen LogP contribution in [-0.4, -0.2) is 37.2 Å². The lowest BCUT2D eigenvalue weighted by Gasteiger charge is -2.18. The van der Waals surface area contributed by atoms with Gasteiger partial charge in [0.2, 0.25) is 0 Å². The first-order valence-corrected chi connectivity index (χ1v) is 6.85. The van der Waals surface area contributed by atoms with Gasteiger partial charge in [0, 0.05) is 12.6 Å². The maximum absolute atomic E-state index is 5.80. The molecule has 0 saturated carbocycles. The van der Waals surface area contributed by atoms with Gasteiger partial charge in [-0.3, -0.25) is 0 Å². The third-order valence-electron chi connectivity index (χ3n) is 3.03. The highest BCUT2D eigenvalue weighted by Crippen LogP contribution is 2.14. The van der Waals surface area contributed by atoms with Crippen LogP contribution < -0.4 is 10.5 Å². The summed E-state index contributed by atoms with van der Waals surface area (Å²) in [5, 5.41) is 0. The van der Waals surface area contributed by atoms with Crippen molar-refractivity contribution in [3.05, 3.63) is 29.8 Å². The predicted octanol–water partition coefficient (Wildman–Crippen LogP) is 2.30. The van der Waals surface area contributed by atoms with E-state index in [2.05, 4.69) is 30.9 Å². The van der Waals surface area contributed by atoms with Crippen molar-refractivity contribution < 1.29 is 4.74 Å². The highest BCUT2D eigenvalue weighted by atomic mass is 16.5. The van der Waals surface area contributed by atoms with E-state index < -0.39 is 0 Å².